The third-order valence-electron chi connectivity index (χ3n) is 4.28. The Morgan fingerprint density at radius 1 is 1.33 bits per heavy atom. The van der Waals surface area contributed by atoms with Gasteiger partial charge < -0.3 is 14.4 Å². The summed E-state index contributed by atoms with van der Waals surface area (Å²) in [4.78, 5) is 18.8. The van der Waals surface area contributed by atoms with Gasteiger partial charge in [-0.2, -0.15) is 0 Å². The Balaban J connectivity index is 1.58. The number of hydrazine groups is 1. The molecule has 3 rings (SSSR count). The first-order valence-corrected chi connectivity index (χ1v) is 8.64. The monoisotopic (exact) mass is 354 g/mol. The van der Waals surface area contributed by atoms with Crippen LogP contribution in [-0.2, 0) is 4.74 Å². The Morgan fingerprint density at radius 3 is 2.71 bits per heavy atom. The van der Waals surface area contributed by atoms with Gasteiger partial charge in [-0.15, -0.1) is 0 Å². The van der Waals surface area contributed by atoms with Crippen LogP contribution in [0, 0.1) is 0 Å². The highest BCUT2D eigenvalue weighted by atomic mass is 35.5. The number of aromatic nitrogens is 1. The lowest BCUT2D eigenvalue weighted by Crippen LogP contribution is -2.52. The van der Waals surface area contributed by atoms with E-state index in [4.69, 9.17) is 21.1 Å². The average molecular weight is 355 g/mol. The van der Waals surface area contributed by atoms with Crippen LogP contribution >= 0.6 is 11.6 Å². The number of nitrogens with zero attached hydrogens (tertiary/aromatic N) is 3. The summed E-state index contributed by atoms with van der Waals surface area (Å²) >= 11 is 6.24. The molecule has 0 unspecified atom stereocenters. The van der Waals surface area contributed by atoms with E-state index in [0.29, 0.717) is 29.7 Å². The van der Waals surface area contributed by atoms with Gasteiger partial charge in [0.15, 0.2) is 0 Å². The van der Waals surface area contributed by atoms with Gasteiger partial charge in [0.25, 0.3) is 5.91 Å². The first kappa shape index (κ1) is 17.4. The van der Waals surface area contributed by atoms with Crippen molar-refractivity contribution in [3.63, 3.8) is 0 Å². The Hall–Kier alpha value is -1.41. The topological polar surface area (TPSA) is 66.9 Å². The van der Waals surface area contributed by atoms with Crippen molar-refractivity contribution >= 4 is 17.5 Å². The van der Waals surface area contributed by atoms with Crippen molar-refractivity contribution in [1.82, 2.24) is 20.3 Å². The lowest BCUT2D eigenvalue weighted by atomic mass is 10.1. The number of rotatable bonds is 4. The number of hydrogen-bond acceptors (Lipinski definition) is 6. The highest BCUT2D eigenvalue weighted by molar-refractivity contribution is 6.32. The van der Waals surface area contributed by atoms with E-state index in [2.05, 4.69) is 22.4 Å². The van der Waals surface area contributed by atoms with Gasteiger partial charge in [0.2, 0.25) is 5.88 Å². The second kappa shape index (κ2) is 8.11. The smallest absolute Gasteiger partial charge is 0.267 e. The van der Waals surface area contributed by atoms with Gasteiger partial charge >= 0.3 is 0 Å². The number of piperazine rings is 1. The van der Waals surface area contributed by atoms with E-state index in [1.54, 1.807) is 6.07 Å². The van der Waals surface area contributed by atoms with Crippen molar-refractivity contribution in [3.05, 3.63) is 22.8 Å². The number of ether oxygens (including phenoxy) is 2. The summed E-state index contributed by atoms with van der Waals surface area (Å²) in [5.41, 5.74) is 3.32. The second-order valence-corrected chi connectivity index (χ2v) is 6.58. The van der Waals surface area contributed by atoms with Crippen molar-refractivity contribution < 1.29 is 14.3 Å². The van der Waals surface area contributed by atoms with Crippen LogP contribution in [0.4, 0.5) is 0 Å². The average Bonchev–Trinajstić information content (AvgIpc) is 2.59. The number of hydrogen-bond donors (Lipinski definition) is 1. The molecule has 132 valence electrons. The zero-order chi connectivity index (χ0) is 16.9. The van der Waals surface area contributed by atoms with Gasteiger partial charge in [0.1, 0.15) is 11.1 Å². The molecule has 0 atom stereocenters. The molecule has 8 heteroatoms. The molecular weight excluding hydrogens is 332 g/mol. The summed E-state index contributed by atoms with van der Waals surface area (Å²) < 4.78 is 11.1. The number of carbonyl (C=O) groups excluding carboxylic acids is 1. The summed E-state index contributed by atoms with van der Waals surface area (Å²) in [5, 5.41) is 2.27. The molecule has 2 aliphatic heterocycles. The number of halogens is 1. The fourth-order valence-corrected chi connectivity index (χ4v) is 2.93. The molecule has 1 N–H and O–H groups in total. The molecule has 0 saturated carbocycles. The van der Waals surface area contributed by atoms with E-state index >= 15 is 0 Å². The number of pyridine rings is 1. The van der Waals surface area contributed by atoms with Crippen molar-refractivity contribution in [2.75, 3.05) is 46.4 Å². The van der Waals surface area contributed by atoms with Gasteiger partial charge in [-0.25, -0.2) is 9.99 Å². The largest absolute Gasteiger partial charge is 0.473 e. The Kier molecular flexibility index (Phi) is 5.89. The molecular formula is C16H23ClN4O3. The molecule has 2 saturated heterocycles. The summed E-state index contributed by atoms with van der Waals surface area (Å²) in [7, 11) is 2.07. The Morgan fingerprint density at radius 2 is 2.04 bits per heavy atom. The second-order valence-electron chi connectivity index (χ2n) is 6.17. The van der Waals surface area contributed by atoms with Crippen LogP contribution in [0.15, 0.2) is 12.3 Å². The molecule has 0 aromatic carbocycles. The van der Waals surface area contributed by atoms with Crippen LogP contribution in [0.5, 0.6) is 5.88 Å². The van der Waals surface area contributed by atoms with E-state index in [9.17, 15) is 4.79 Å². The van der Waals surface area contributed by atoms with E-state index in [-0.39, 0.29) is 12.0 Å². The van der Waals surface area contributed by atoms with E-state index < -0.39 is 0 Å². The molecule has 7 nitrogen and oxygen atoms in total. The van der Waals surface area contributed by atoms with Crippen molar-refractivity contribution in [2.24, 2.45) is 0 Å². The Bertz CT molecular complexity index is 572. The number of nitrogens with one attached hydrogen (secondary N) is 1. The fourth-order valence-electron chi connectivity index (χ4n) is 2.71. The minimum absolute atomic E-state index is 0.0637. The third kappa shape index (κ3) is 4.57. The zero-order valence-electron chi connectivity index (χ0n) is 13.8. The van der Waals surface area contributed by atoms with Crippen molar-refractivity contribution in [2.45, 2.75) is 18.9 Å². The van der Waals surface area contributed by atoms with Crippen molar-refractivity contribution in [1.29, 1.82) is 0 Å². The van der Waals surface area contributed by atoms with Gasteiger partial charge in [0, 0.05) is 45.2 Å². The maximum absolute atomic E-state index is 12.3. The summed E-state index contributed by atoms with van der Waals surface area (Å²) in [5.74, 6) is 0.172. The maximum atomic E-state index is 12.3. The van der Waals surface area contributed by atoms with Gasteiger partial charge in [-0.1, -0.05) is 11.6 Å². The highest BCUT2D eigenvalue weighted by Crippen LogP contribution is 2.25. The summed E-state index contributed by atoms with van der Waals surface area (Å²) in [6.45, 7) is 4.83. The predicted molar refractivity (Wildman–Crippen MR) is 90.3 cm³/mol. The minimum Gasteiger partial charge on any atom is -0.473 e. The lowest BCUT2D eigenvalue weighted by Gasteiger charge is -2.32. The molecule has 0 aliphatic carbocycles. The van der Waals surface area contributed by atoms with Crippen LogP contribution in [0.1, 0.15) is 23.2 Å². The van der Waals surface area contributed by atoms with Crippen LogP contribution < -0.4 is 10.2 Å². The molecule has 0 spiro atoms. The Labute approximate surface area is 146 Å². The summed E-state index contributed by atoms with van der Waals surface area (Å²) in [6.07, 6.45) is 3.22. The van der Waals surface area contributed by atoms with Crippen LogP contribution in [0.2, 0.25) is 5.02 Å². The molecule has 24 heavy (non-hydrogen) atoms. The standard InChI is InChI=1S/C16H23ClN4O3/c1-20-4-6-21(7-5-20)19-15(22)12-10-14(17)16(18-11-12)24-13-2-8-23-9-3-13/h10-11,13H,2-9H2,1H3,(H,19,22). The normalized spacial score (nSPS) is 20.8. The van der Waals surface area contributed by atoms with E-state index in [1.807, 2.05) is 5.01 Å². The fraction of sp³-hybridized carbons (Fsp3) is 0.625. The number of carbonyl (C=O) groups is 1. The van der Waals surface area contributed by atoms with Crippen LogP contribution in [-0.4, -0.2) is 73.3 Å². The van der Waals surface area contributed by atoms with E-state index in [1.165, 1.54) is 6.20 Å². The van der Waals surface area contributed by atoms with Crippen LogP contribution in [0.25, 0.3) is 0 Å². The molecule has 1 aromatic heterocycles. The predicted octanol–water partition coefficient (Wildman–Crippen LogP) is 1.18. The molecule has 0 bridgehead atoms. The number of amides is 1. The first-order valence-electron chi connectivity index (χ1n) is 8.26. The zero-order valence-corrected chi connectivity index (χ0v) is 14.6. The number of likely N-dealkylation sites (N-methyl/N-ethyl adjacent to an activating group) is 1. The maximum Gasteiger partial charge on any atom is 0.267 e. The highest BCUT2D eigenvalue weighted by Gasteiger charge is 2.20. The molecule has 3 heterocycles. The molecule has 0 radical (unpaired) electrons. The molecule has 2 aliphatic rings. The van der Waals surface area contributed by atoms with E-state index in [0.717, 1.165) is 39.0 Å². The minimum atomic E-state index is -0.202. The molecule has 1 amide bonds. The van der Waals surface area contributed by atoms with Gasteiger partial charge in [0.05, 0.1) is 18.8 Å². The third-order valence-corrected chi connectivity index (χ3v) is 4.55. The molecule has 2 fully saturated rings. The first-order chi connectivity index (χ1) is 11.6. The van der Waals surface area contributed by atoms with Gasteiger partial charge in [-0.05, 0) is 13.1 Å². The quantitative estimate of drug-likeness (QED) is 0.876. The molecule has 1 aromatic rings. The lowest BCUT2D eigenvalue weighted by molar-refractivity contribution is 0.0238. The van der Waals surface area contributed by atoms with Gasteiger partial charge in [-0.3, -0.25) is 10.2 Å². The SMILES string of the molecule is CN1CCN(NC(=O)c2cnc(OC3CCOCC3)c(Cl)c2)CC1. The summed E-state index contributed by atoms with van der Waals surface area (Å²) in [6, 6.07) is 1.61. The van der Waals surface area contributed by atoms with Crippen molar-refractivity contribution in [3.8, 4) is 5.88 Å². The van der Waals surface area contributed by atoms with Crippen LogP contribution in [0.3, 0.4) is 0 Å².